The van der Waals surface area contributed by atoms with Crippen LogP contribution in [-0.4, -0.2) is 27.4 Å². The van der Waals surface area contributed by atoms with Crippen LogP contribution in [0.5, 0.6) is 17.2 Å². The third-order valence-electron chi connectivity index (χ3n) is 3.66. The molecule has 6 nitrogen and oxygen atoms in total. The highest BCUT2D eigenvalue weighted by molar-refractivity contribution is 5.89. The summed E-state index contributed by atoms with van der Waals surface area (Å²) in [5, 5.41) is 5.66. The van der Waals surface area contributed by atoms with Gasteiger partial charge >= 0.3 is 6.03 Å². The molecule has 134 valence electrons. The predicted octanol–water partition coefficient (Wildman–Crippen LogP) is 3.65. The number of hydrogen-bond acceptors (Lipinski definition) is 4. The summed E-state index contributed by atoms with van der Waals surface area (Å²) in [5.74, 6) is 1.62. The summed E-state index contributed by atoms with van der Waals surface area (Å²) in [6.07, 6.45) is 0. The van der Waals surface area contributed by atoms with Gasteiger partial charge in [0.1, 0.15) is 0 Å². The van der Waals surface area contributed by atoms with Gasteiger partial charge in [-0.15, -0.1) is 0 Å². The summed E-state index contributed by atoms with van der Waals surface area (Å²) < 4.78 is 15.9. The summed E-state index contributed by atoms with van der Waals surface area (Å²) in [4.78, 5) is 12.1. The molecule has 0 saturated carbocycles. The number of aryl methyl sites for hydroxylation is 2. The Morgan fingerprint density at radius 2 is 1.44 bits per heavy atom. The van der Waals surface area contributed by atoms with Gasteiger partial charge in [-0.05, 0) is 54.8 Å². The van der Waals surface area contributed by atoms with Gasteiger partial charge in [0.2, 0.25) is 5.75 Å². The second-order valence-electron chi connectivity index (χ2n) is 5.72. The van der Waals surface area contributed by atoms with Crippen molar-refractivity contribution in [2.45, 2.75) is 20.4 Å². The van der Waals surface area contributed by atoms with Crippen LogP contribution >= 0.6 is 0 Å². The Bertz CT molecular complexity index is 714. The molecule has 0 bridgehead atoms. The normalized spacial score (nSPS) is 10.1. The van der Waals surface area contributed by atoms with Crippen LogP contribution in [0.4, 0.5) is 10.5 Å². The summed E-state index contributed by atoms with van der Waals surface area (Å²) in [6.45, 7) is 4.31. The highest BCUT2D eigenvalue weighted by Crippen LogP contribution is 2.38. The van der Waals surface area contributed by atoms with Crippen LogP contribution in [0.2, 0.25) is 0 Å². The molecule has 2 N–H and O–H groups in total. The average Bonchev–Trinajstić information content (AvgIpc) is 2.57. The van der Waals surface area contributed by atoms with Crippen molar-refractivity contribution in [3.8, 4) is 17.2 Å². The van der Waals surface area contributed by atoms with E-state index < -0.39 is 0 Å². The van der Waals surface area contributed by atoms with E-state index in [9.17, 15) is 4.79 Å². The molecule has 6 heteroatoms. The van der Waals surface area contributed by atoms with Gasteiger partial charge in [-0.2, -0.15) is 0 Å². The SMILES string of the molecule is COc1cc(CNC(=O)Nc2cc(C)cc(C)c2)cc(OC)c1OC. The molecule has 0 spiro atoms. The van der Waals surface area contributed by atoms with Gasteiger partial charge in [-0.3, -0.25) is 0 Å². The highest BCUT2D eigenvalue weighted by atomic mass is 16.5. The molecule has 0 heterocycles. The van der Waals surface area contributed by atoms with Gasteiger partial charge in [0.15, 0.2) is 11.5 Å². The zero-order valence-corrected chi connectivity index (χ0v) is 15.2. The molecule has 0 aliphatic carbocycles. The fraction of sp³-hybridized carbons (Fsp3) is 0.316. The monoisotopic (exact) mass is 344 g/mol. The van der Waals surface area contributed by atoms with Gasteiger partial charge in [-0.25, -0.2) is 4.79 Å². The maximum atomic E-state index is 12.1. The highest BCUT2D eigenvalue weighted by Gasteiger charge is 2.13. The molecule has 0 atom stereocenters. The molecule has 0 unspecified atom stereocenters. The Balaban J connectivity index is 2.06. The van der Waals surface area contributed by atoms with Crippen molar-refractivity contribution in [1.29, 1.82) is 0 Å². The van der Waals surface area contributed by atoms with E-state index in [1.807, 2.05) is 26.0 Å². The quantitative estimate of drug-likeness (QED) is 0.839. The fourth-order valence-electron chi connectivity index (χ4n) is 2.64. The van der Waals surface area contributed by atoms with E-state index in [2.05, 4.69) is 16.7 Å². The third kappa shape index (κ3) is 4.79. The molecule has 2 rings (SSSR count). The van der Waals surface area contributed by atoms with Crippen molar-refractivity contribution in [3.63, 3.8) is 0 Å². The Labute approximate surface area is 148 Å². The first-order valence-corrected chi connectivity index (χ1v) is 7.89. The van der Waals surface area contributed by atoms with Crippen LogP contribution < -0.4 is 24.8 Å². The summed E-state index contributed by atoms with van der Waals surface area (Å²) >= 11 is 0. The minimum Gasteiger partial charge on any atom is -0.493 e. The first-order chi connectivity index (χ1) is 12.0. The van der Waals surface area contributed by atoms with E-state index in [1.54, 1.807) is 33.5 Å². The number of urea groups is 1. The van der Waals surface area contributed by atoms with Crippen molar-refractivity contribution in [2.24, 2.45) is 0 Å². The Hall–Kier alpha value is -2.89. The van der Waals surface area contributed by atoms with Crippen LogP contribution in [0.1, 0.15) is 16.7 Å². The van der Waals surface area contributed by atoms with Crippen molar-refractivity contribution < 1.29 is 19.0 Å². The maximum absolute atomic E-state index is 12.1. The topological polar surface area (TPSA) is 68.8 Å². The molecule has 0 aromatic heterocycles. The number of hydrogen-bond donors (Lipinski definition) is 2. The number of nitrogens with one attached hydrogen (secondary N) is 2. The lowest BCUT2D eigenvalue weighted by Crippen LogP contribution is -2.28. The molecule has 2 aromatic rings. The van der Waals surface area contributed by atoms with E-state index in [4.69, 9.17) is 14.2 Å². The Morgan fingerprint density at radius 1 is 0.880 bits per heavy atom. The molecule has 2 aromatic carbocycles. The van der Waals surface area contributed by atoms with E-state index in [0.29, 0.717) is 23.8 Å². The smallest absolute Gasteiger partial charge is 0.319 e. The van der Waals surface area contributed by atoms with Crippen LogP contribution in [0.25, 0.3) is 0 Å². The van der Waals surface area contributed by atoms with Crippen molar-refractivity contribution >= 4 is 11.7 Å². The largest absolute Gasteiger partial charge is 0.493 e. The summed E-state index contributed by atoms with van der Waals surface area (Å²) in [6, 6.07) is 9.23. The molecule has 0 aliphatic rings. The first kappa shape index (κ1) is 18.4. The Kier molecular flexibility index (Phi) is 6.11. The number of carbonyl (C=O) groups is 1. The number of benzene rings is 2. The van der Waals surface area contributed by atoms with Gasteiger partial charge in [0, 0.05) is 12.2 Å². The molecule has 25 heavy (non-hydrogen) atoms. The van der Waals surface area contributed by atoms with E-state index in [-0.39, 0.29) is 6.03 Å². The summed E-state index contributed by atoms with van der Waals surface area (Å²) in [5.41, 5.74) is 3.80. The molecular formula is C19H24N2O4. The Morgan fingerprint density at radius 3 is 1.92 bits per heavy atom. The van der Waals surface area contributed by atoms with Crippen LogP contribution in [0.3, 0.4) is 0 Å². The first-order valence-electron chi connectivity index (χ1n) is 7.89. The lowest BCUT2D eigenvalue weighted by atomic mass is 10.1. The lowest BCUT2D eigenvalue weighted by Gasteiger charge is -2.15. The standard InChI is InChI=1S/C19H24N2O4/c1-12-6-13(2)8-15(7-12)21-19(22)20-11-14-9-16(23-3)18(25-5)17(10-14)24-4/h6-10H,11H2,1-5H3,(H2,20,21,22). The van der Waals surface area contributed by atoms with Crippen molar-refractivity contribution in [1.82, 2.24) is 5.32 Å². The number of methoxy groups -OCH3 is 3. The third-order valence-corrected chi connectivity index (χ3v) is 3.66. The number of rotatable bonds is 6. The minimum atomic E-state index is -0.279. The van der Waals surface area contributed by atoms with Gasteiger partial charge < -0.3 is 24.8 Å². The number of carbonyl (C=O) groups excluding carboxylic acids is 1. The minimum absolute atomic E-state index is 0.279. The lowest BCUT2D eigenvalue weighted by molar-refractivity contribution is 0.251. The zero-order valence-electron chi connectivity index (χ0n) is 15.2. The van der Waals surface area contributed by atoms with Gasteiger partial charge in [-0.1, -0.05) is 6.07 Å². The van der Waals surface area contributed by atoms with E-state index >= 15 is 0 Å². The molecule has 0 saturated heterocycles. The van der Waals surface area contributed by atoms with Gasteiger partial charge in [0.05, 0.1) is 21.3 Å². The maximum Gasteiger partial charge on any atom is 0.319 e. The van der Waals surface area contributed by atoms with Crippen molar-refractivity contribution in [2.75, 3.05) is 26.6 Å². The molecule has 2 amide bonds. The zero-order chi connectivity index (χ0) is 18.4. The second kappa shape index (κ2) is 8.28. The van der Waals surface area contributed by atoms with E-state index in [0.717, 1.165) is 22.4 Å². The fourth-order valence-corrected chi connectivity index (χ4v) is 2.64. The van der Waals surface area contributed by atoms with Crippen LogP contribution in [0.15, 0.2) is 30.3 Å². The predicted molar refractivity (Wildman–Crippen MR) is 97.9 cm³/mol. The molecule has 0 aliphatic heterocycles. The second-order valence-corrected chi connectivity index (χ2v) is 5.72. The molecule has 0 radical (unpaired) electrons. The van der Waals surface area contributed by atoms with Crippen molar-refractivity contribution in [3.05, 3.63) is 47.0 Å². The molecular weight excluding hydrogens is 320 g/mol. The van der Waals surface area contributed by atoms with Gasteiger partial charge in [0.25, 0.3) is 0 Å². The number of amides is 2. The number of ether oxygens (including phenoxy) is 3. The summed E-state index contributed by atoms with van der Waals surface area (Å²) in [7, 11) is 4.66. The van der Waals surface area contributed by atoms with Crippen LogP contribution in [-0.2, 0) is 6.54 Å². The van der Waals surface area contributed by atoms with E-state index in [1.165, 1.54) is 0 Å². The molecule has 0 fully saturated rings. The average molecular weight is 344 g/mol. The van der Waals surface area contributed by atoms with Crippen LogP contribution in [0, 0.1) is 13.8 Å². The number of anilines is 1.